The van der Waals surface area contributed by atoms with Crippen molar-refractivity contribution in [3.8, 4) is 16.2 Å². The van der Waals surface area contributed by atoms with Crippen LogP contribution in [0.15, 0.2) is 60.7 Å². The van der Waals surface area contributed by atoms with Gasteiger partial charge in [0.05, 0.1) is 0 Å². The van der Waals surface area contributed by atoms with E-state index >= 15 is 0 Å². The smallest absolute Gasteiger partial charge is 0.119 e. The van der Waals surface area contributed by atoms with Gasteiger partial charge in [-0.05, 0) is 61.4 Å². The molecule has 1 aromatic heterocycles. The van der Waals surface area contributed by atoms with Crippen molar-refractivity contribution >= 4 is 11.3 Å². The lowest BCUT2D eigenvalue weighted by Crippen LogP contribution is -1.92. The molecule has 1 aromatic carbocycles. The lowest BCUT2D eigenvalue weighted by molar-refractivity contribution is 0.363. The van der Waals surface area contributed by atoms with Gasteiger partial charge in [-0.2, -0.15) is 0 Å². The molecule has 0 radical (unpaired) electrons. The number of benzene rings is 1. The van der Waals surface area contributed by atoms with E-state index in [1.165, 1.54) is 28.2 Å². The number of thiophene rings is 1. The zero-order valence-corrected chi connectivity index (χ0v) is 13.5. The third-order valence-electron chi connectivity index (χ3n) is 3.08. The van der Waals surface area contributed by atoms with Gasteiger partial charge in [-0.25, -0.2) is 0 Å². The lowest BCUT2D eigenvalue weighted by Gasteiger charge is -2.04. The van der Waals surface area contributed by atoms with Crippen LogP contribution in [0.2, 0.25) is 0 Å². The molecule has 21 heavy (non-hydrogen) atoms. The highest BCUT2D eigenvalue weighted by atomic mass is 32.1. The van der Waals surface area contributed by atoms with Gasteiger partial charge in [-0.1, -0.05) is 31.6 Å². The van der Waals surface area contributed by atoms with Crippen LogP contribution >= 0.6 is 11.3 Å². The van der Waals surface area contributed by atoms with Gasteiger partial charge in [0.2, 0.25) is 0 Å². The average molecular weight is 298 g/mol. The second kappa shape index (κ2) is 8.48. The molecule has 0 bridgehead atoms. The predicted molar refractivity (Wildman–Crippen MR) is 93.2 cm³/mol. The van der Waals surface area contributed by atoms with Gasteiger partial charge in [0.25, 0.3) is 0 Å². The van der Waals surface area contributed by atoms with Crippen LogP contribution in [0.25, 0.3) is 10.4 Å². The molecule has 0 N–H and O–H groups in total. The third kappa shape index (κ3) is 4.91. The van der Waals surface area contributed by atoms with Crippen molar-refractivity contribution in [1.82, 2.24) is 0 Å². The largest absolute Gasteiger partial charge is 0.490 e. The molecule has 2 aromatic rings. The normalized spacial score (nSPS) is 11.5. The Kier molecular flexibility index (Phi) is 6.29. The maximum absolute atomic E-state index is 5.67. The van der Waals surface area contributed by atoms with E-state index in [4.69, 9.17) is 4.74 Å². The zero-order chi connectivity index (χ0) is 14.9. The molecule has 0 unspecified atom stereocenters. The van der Waals surface area contributed by atoms with E-state index in [0.717, 1.165) is 5.75 Å². The van der Waals surface area contributed by atoms with Crippen molar-refractivity contribution in [3.05, 3.63) is 65.6 Å². The quantitative estimate of drug-likeness (QED) is 0.580. The van der Waals surface area contributed by atoms with Crippen molar-refractivity contribution in [2.75, 3.05) is 6.61 Å². The van der Waals surface area contributed by atoms with Gasteiger partial charge in [0.1, 0.15) is 12.4 Å². The summed E-state index contributed by atoms with van der Waals surface area (Å²) >= 11 is 1.88. The number of rotatable bonds is 7. The summed E-state index contributed by atoms with van der Waals surface area (Å²) in [6.07, 6.45) is 10.4. The fraction of sp³-hybridized carbons (Fsp3) is 0.263. The molecule has 1 heterocycles. The Morgan fingerprint density at radius 1 is 1.05 bits per heavy atom. The average Bonchev–Trinajstić information content (AvgIpc) is 2.97. The Bertz CT molecular complexity index is 590. The minimum Gasteiger partial charge on any atom is -0.490 e. The topological polar surface area (TPSA) is 9.23 Å². The first-order chi connectivity index (χ1) is 10.3. The highest BCUT2D eigenvalue weighted by Crippen LogP contribution is 2.30. The second-order valence-electron chi connectivity index (χ2n) is 4.81. The van der Waals surface area contributed by atoms with E-state index in [-0.39, 0.29) is 0 Å². The predicted octanol–water partition coefficient (Wildman–Crippen LogP) is 5.88. The molecular formula is C19H22OS. The Morgan fingerprint density at radius 3 is 2.57 bits per heavy atom. The lowest BCUT2D eigenvalue weighted by atomic mass is 10.2. The van der Waals surface area contributed by atoms with E-state index in [1.54, 1.807) is 0 Å². The van der Waals surface area contributed by atoms with Crippen molar-refractivity contribution in [2.45, 2.75) is 26.7 Å². The van der Waals surface area contributed by atoms with Crippen LogP contribution in [-0.4, -0.2) is 6.61 Å². The molecule has 0 spiro atoms. The standard InChI is InChI=1S/C19H22OS/c1-3-5-6-7-15-20-17-11-9-16(10-12-17)19-14-13-18(21-19)8-4-2/h3,5-7,9-14H,4,8,15H2,1-2H3/b5-3+,7-6+. The minimum atomic E-state index is 0.601. The number of aryl methyl sites for hydroxylation is 1. The fourth-order valence-corrected chi connectivity index (χ4v) is 3.13. The zero-order valence-electron chi connectivity index (χ0n) is 12.7. The summed E-state index contributed by atoms with van der Waals surface area (Å²) in [5, 5.41) is 0. The van der Waals surface area contributed by atoms with Gasteiger partial charge in [-0.3, -0.25) is 0 Å². The molecule has 2 heteroatoms. The first kappa shape index (κ1) is 15.6. The molecular weight excluding hydrogens is 276 g/mol. The Morgan fingerprint density at radius 2 is 1.86 bits per heavy atom. The highest BCUT2D eigenvalue weighted by Gasteiger charge is 2.02. The van der Waals surface area contributed by atoms with Gasteiger partial charge in [-0.15, -0.1) is 11.3 Å². The maximum atomic E-state index is 5.67. The number of hydrogen-bond donors (Lipinski definition) is 0. The maximum Gasteiger partial charge on any atom is 0.119 e. The molecule has 0 saturated carbocycles. The number of allylic oxidation sites excluding steroid dienone is 3. The van der Waals surface area contributed by atoms with Crippen molar-refractivity contribution in [2.24, 2.45) is 0 Å². The van der Waals surface area contributed by atoms with Gasteiger partial charge >= 0.3 is 0 Å². The van der Waals surface area contributed by atoms with E-state index in [1.807, 2.05) is 54.7 Å². The van der Waals surface area contributed by atoms with E-state index in [9.17, 15) is 0 Å². The van der Waals surface area contributed by atoms with Crippen LogP contribution in [0.1, 0.15) is 25.1 Å². The van der Waals surface area contributed by atoms with Crippen LogP contribution < -0.4 is 4.74 Å². The van der Waals surface area contributed by atoms with Crippen LogP contribution in [0, 0.1) is 0 Å². The van der Waals surface area contributed by atoms with Gasteiger partial charge < -0.3 is 4.74 Å². The van der Waals surface area contributed by atoms with Crippen molar-refractivity contribution < 1.29 is 4.74 Å². The van der Waals surface area contributed by atoms with Crippen LogP contribution in [-0.2, 0) is 6.42 Å². The summed E-state index contributed by atoms with van der Waals surface area (Å²) in [7, 11) is 0. The van der Waals surface area contributed by atoms with Crippen LogP contribution in [0.5, 0.6) is 5.75 Å². The fourth-order valence-electron chi connectivity index (χ4n) is 2.02. The first-order valence-electron chi connectivity index (χ1n) is 7.43. The monoisotopic (exact) mass is 298 g/mol. The first-order valence-corrected chi connectivity index (χ1v) is 8.25. The Hall–Kier alpha value is -1.80. The molecule has 0 amide bonds. The van der Waals surface area contributed by atoms with E-state index < -0.39 is 0 Å². The Balaban J connectivity index is 1.94. The summed E-state index contributed by atoms with van der Waals surface area (Å²) in [5.74, 6) is 0.911. The molecule has 0 atom stereocenters. The van der Waals surface area contributed by atoms with Gasteiger partial charge in [0.15, 0.2) is 0 Å². The summed E-state index contributed by atoms with van der Waals surface area (Å²) in [6.45, 7) is 4.82. The molecule has 0 saturated heterocycles. The molecule has 0 aliphatic rings. The minimum absolute atomic E-state index is 0.601. The van der Waals surface area contributed by atoms with Gasteiger partial charge in [0, 0.05) is 9.75 Å². The SMILES string of the molecule is C/C=C/C=C/COc1ccc(-c2ccc(CCC)s2)cc1. The van der Waals surface area contributed by atoms with Crippen LogP contribution in [0.4, 0.5) is 0 Å². The van der Waals surface area contributed by atoms with E-state index in [0.29, 0.717) is 6.61 Å². The third-order valence-corrected chi connectivity index (χ3v) is 4.28. The highest BCUT2D eigenvalue weighted by molar-refractivity contribution is 7.15. The molecule has 0 aliphatic carbocycles. The van der Waals surface area contributed by atoms with E-state index in [2.05, 4.69) is 31.2 Å². The summed E-state index contributed by atoms with van der Waals surface area (Å²) in [5.41, 5.74) is 1.26. The van der Waals surface area contributed by atoms with Crippen molar-refractivity contribution in [1.29, 1.82) is 0 Å². The van der Waals surface area contributed by atoms with Crippen molar-refractivity contribution in [3.63, 3.8) is 0 Å². The number of ether oxygens (including phenoxy) is 1. The molecule has 0 fully saturated rings. The second-order valence-corrected chi connectivity index (χ2v) is 5.97. The summed E-state index contributed by atoms with van der Waals surface area (Å²) < 4.78 is 5.67. The summed E-state index contributed by atoms with van der Waals surface area (Å²) in [6, 6.07) is 12.8. The molecule has 2 rings (SSSR count). The molecule has 110 valence electrons. The summed E-state index contributed by atoms with van der Waals surface area (Å²) in [4.78, 5) is 2.79. The number of hydrogen-bond acceptors (Lipinski definition) is 2. The Labute approximate surface area is 131 Å². The molecule has 1 nitrogen and oxygen atoms in total. The molecule has 0 aliphatic heterocycles. The van der Waals surface area contributed by atoms with Crippen LogP contribution in [0.3, 0.4) is 0 Å².